The van der Waals surface area contributed by atoms with Crippen LogP contribution in [-0.2, 0) is 6.42 Å². The van der Waals surface area contributed by atoms with Gasteiger partial charge in [-0.1, -0.05) is 25.1 Å². The van der Waals surface area contributed by atoms with Gasteiger partial charge in [0.25, 0.3) is 0 Å². The van der Waals surface area contributed by atoms with E-state index < -0.39 is 0 Å². The highest BCUT2D eigenvalue weighted by molar-refractivity contribution is 9.10. The Hall–Kier alpha value is -0.640. The molecule has 0 bridgehead atoms. The summed E-state index contributed by atoms with van der Waals surface area (Å²) in [5.74, 6) is 0. The first-order valence-electron chi connectivity index (χ1n) is 6.88. The van der Waals surface area contributed by atoms with Crippen LogP contribution in [0.25, 0.3) is 11.1 Å². The van der Waals surface area contributed by atoms with Crippen molar-refractivity contribution in [1.29, 1.82) is 0 Å². The van der Waals surface area contributed by atoms with E-state index in [0.29, 0.717) is 6.04 Å². The zero-order valence-electron chi connectivity index (χ0n) is 11.1. The van der Waals surface area contributed by atoms with Crippen LogP contribution in [0.1, 0.15) is 36.9 Å². The molecule has 0 saturated carbocycles. The van der Waals surface area contributed by atoms with Gasteiger partial charge in [0.1, 0.15) is 0 Å². The monoisotopic (exact) mass is 335 g/mol. The summed E-state index contributed by atoms with van der Waals surface area (Å²) in [6, 6.07) is 7.51. The molecule has 1 aromatic carbocycles. The summed E-state index contributed by atoms with van der Waals surface area (Å²) in [5, 5.41) is 8.01. The highest BCUT2D eigenvalue weighted by atomic mass is 79.9. The first kappa shape index (κ1) is 13.3. The van der Waals surface area contributed by atoms with E-state index in [1.54, 1.807) is 11.3 Å². The van der Waals surface area contributed by atoms with Gasteiger partial charge in [-0.15, -0.1) is 0 Å². The van der Waals surface area contributed by atoms with Gasteiger partial charge in [-0.05, 0) is 63.8 Å². The lowest BCUT2D eigenvalue weighted by molar-refractivity contribution is 0.529. The molecule has 0 fully saturated rings. The Morgan fingerprint density at radius 2 is 2.26 bits per heavy atom. The van der Waals surface area contributed by atoms with Crippen LogP contribution < -0.4 is 5.32 Å². The average Bonchev–Trinajstić information content (AvgIpc) is 3.02. The molecule has 1 aliphatic carbocycles. The molecule has 3 rings (SSSR count). The average molecular weight is 336 g/mol. The third kappa shape index (κ3) is 2.64. The third-order valence-electron chi connectivity index (χ3n) is 3.79. The van der Waals surface area contributed by atoms with Crippen molar-refractivity contribution in [3.05, 3.63) is 44.6 Å². The van der Waals surface area contributed by atoms with E-state index in [9.17, 15) is 0 Å². The van der Waals surface area contributed by atoms with Crippen LogP contribution in [0.5, 0.6) is 0 Å². The summed E-state index contributed by atoms with van der Waals surface area (Å²) in [5.41, 5.74) is 5.67. The van der Waals surface area contributed by atoms with E-state index in [4.69, 9.17) is 0 Å². The molecule has 100 valence electrons. The van der Waals surface area contributed by atoms with Gasteiger partial charge in [-0.3, -0.25) is 0 Å². The van der Waals surface area contributed by atoms with Crippen LogP contribution in [0.15, 0.2) is 33.4 Å². The molecule has 19 heavy (non-hydrogen) atoms. The molecule has 0 saturated heterocycles. The van der Waals surface area contributed by atoms with E-state index in [1.807, 2.05) is 0 Å². The van der Waals surface area contributed by atoms with Gasteiger partial charge in [0, 0.05) is 21.5 Å². The summed E-state index contributed by atoms with van der Waals surface area (Å²) >= 11 is 5.37. The molecule has 1 N–H and O–H groups in total. The molecule has 0 radical (unpaired) electrons. The molecule has 3 heteroatoms. The van der Waals surface area contributed by atoms with E-state index in [2.05, 4.69) is 57.1 Å². The predicted molar refractivity (Wildman–Crippen MR) is 86.8 cm³/mol. The second-order valence-corrected chi connectivity index (χ2v) is 6.69. The van der Waals surface area contributed by atoms with Crippen LogP contribution >= 0.6 is 27.3 Å². The molecule has 1 atom stereocenters. The zero-order valence-corrected chi connectivity index (χ0v) is 13.5. The minimum Gasteiger partial charge on any atom is -0.310 e. The molecule has 1 heterocycles. The lowest BCUT2D eigenvalue weighted by Gasteiger charge is -2.13. The topological polar surface area (TPSA) is 12.0 Å². The predicted octanol–water partition coefficient (Wildman–Crippen LogP) is 5.16. The SMILES string of the molecule is CCCNC1CCc2cc(-c3cscc3Br)ccc21. The molecule has 0 spiro atoms. The molecule has 1 aliphatic rings. The first-order chi connectivity index (χ1) is 9.29. The maximum atomic E-state index is 3.65. The minimum atomic E-state index is 0.565. The van der Waals surface area contributed by atoms with Gasteiger partial charge in [-0.2, -0.15) is 11.3 Å². The lowest BCUT2D eigenvalue weighted by Crippen LogP contribution is -2.19. The first-order valence-corrected chi connectivity index (χ1v) is 8.61. The zero-order chi connectivity index (χ0) is 13.2. The van der Waals surface area contributed by atoms with Gasteiger partial charge in [-0.25, -0.2) is 0 Å². The smallest absolute Gasteiger partial charge is 0.0360 e. The molecule has 1 nitrogen and oxygen atoms in total. The van der Waals surface area contributed by atoms with Crippen LogP contribution in [-0.4, -0.2) is 6.54 Å². The number of hydrogen-bond acceptors (Lipinski definition) is 2. The van der Waals surface area contributed by atoms with E-state index >= 15 is 0 Å². The Morgan fingerprint density at radius 1 is 1.37 bits per heavy atom. The Balaban J connectivity index is 1.88. The second kappa shape index (κ2) is 5.78. The summed E-state index contributed by atoms with van der Waals surface area (Å²) in [6.45, 7) is 3.34. The lowest BCUT2D eigenvalue weighted by atomic mass is 10.0. The normalized spacial score (nSPS) is 17.7. The fourth-order valence-corrected chi connectivity index (χ4v) is 4.34. The van der Waals surface area contributed by atoms with Crippen molar-refractivity contribution in [1.82, 2.24) is 5.32 Å². The van der Waals surface area contributed by atoms with Crippen molar-refractivity contribution in [3.8, 4) is 11.1 Å². The van der Waals surface area contributed by atoms with Crippen LogP contribution in [0.3, 0.4) is 0 Å². The molecule has 1 unspecified atom stereocenters. The summed E-state index contributed by atoms with van der Waals surface area (Å²) in [6.07, 6.45) is 3.64. The Morgan fingerprint density at radius 3 is 3.00 bits per heavy atom. The van der Waals surface area contributed by atoms with E-state index in [0.717, 1.165) is 6.54 Å². The Labute approximate surface area is 127 Å². The third-order valence-corrected chi connectivity index (χ3v) is 5.49. The number of nitrogens with one attached hydrogen (secondary N) is 1. The summed E-state index contributed by atoms with van der Waals surface area (Å²) in [7, 11) is 0. The van der Waals surface area contributed by atoms with Crippen LogP contribution in [0, 0.1) is 0 Å². The number of aryl methyl sites for hydroxylation is 1. The van der Waals surface area contributed by atoms with Crippen LogP contribution in [0.2, 0.25) is 0 Å². The maximum absolute atomic E-state index is 3.65. The molecular weight excluding hydrogens is 318 g/mol. The summed E-state index contributed by atoms with van der Waals surface area (Å²) in [4.78, 5) is 0. The van der Waals surface area contributed by atoms with Crippen molar-refractivity contribution < 1.29 is 0 Å². The van der Waals surface area contributed by atoms with Gasteiger partial charge in [0.15, 0.2) is 0 Å². The van der Waals surface area contributed by atoms with E-state index in [1.165, 1.54) is 46.0 Å². The van der Waals surface area contributed by atoms with Crippen LogP contribution in [0.4, 0.5) is 0 Å². The molecule has 0 aliphatic heterocycles. The van der Waals surface area contributed by atoms with Crippen molar-refractivity contribution in [2.75, 3.05) is 6.54 Å². The fraction of sp³-hybridized carbons (Fsp3) is 0.375. The molecule has 2 aromatic rings. The van der Waals surface area contributed by atoms with Crippen molar-refractivity contribution in [2.45, 2.75) is 32.2 Å². The Bertz CT molecular complexity index is 576. The maximum Gasteiger partial charge on any atom is 0.0360 e. The minimum absolute atomic E-state index is 0.565. The number of halogens is 1. The quantitative estimate of drug-likeness (QED) is 0.813. The Kier molecular flexibility index (Phi) is 4.06. The van der Waals surface area contributed by atoms with Gasteiger partial charge < -0.3 is 5.32 Å². The number of benzene rings is 1. The standard InChI is InChI=1S/C16H18BrNS/c1-2-7-18-16-6-4-11-8-12(3-5-13(11)16)14-9-19-10-15(14)17/h3,5,8-10,16,18H,2,4,6-7H2,1H3. The van der Waals surface area contributed by atoms with Crippen molar-refractivity contribution in [3.63, 3.8) is 0 Å². The number of fused-ring (bicyclic) bond motifs is 1. The van der Waals surface area contributed by atoms with Gasteiger partial charge >= 0.3 is 0 Å². The van der Waals surface area contributed by atoms with Crippen molar-refractivity contribution in [2.24, 2.45) is 0 Å². The van der Waals surface area contributed by atoms with Crippen molar-refractivity contribution >= 4 is 27.3 Å². The number of rotatable bonds is 4. The molecule has 0 amide bonds. The fourth-order valence-electron chi connectivity index (χ4n) is 2.80. The summed E-state index contributed by atoms with van der Waals surface area (Å²) < 4.78 is 1.20. The van der Waals surface area contributed by atoms with Gasteiger partial charge in [0.05, 0.1) is 0 Å². The second-order valence-electron chi connectivity index (χ2n) is 5.09. The van der Waals surface area contributed by atoms with Gasteiger partial charge in [0.2, 0.25) is 0 Å². The molecular formula is C16H18BrNS. The highest BCUT2D eigenvalue weighted by Crippen LogP contribution is 2.37. The largest absolute Gasteiger partial charge is 0.310 e. The molecule has 1 aromatic heterocycles. The number of hydrogen-bond donors (Lipinski definition) is 1. The highest BCUT2D eigenvalue weighted by Gasteiger charge is 2.22. The number of thiophene rings is 1. The van der Waals surface area contributed by atoms with E-state index in [-0.39, 0.29) is 0 Å².